The average Bonchev–Trinajstić information content (AvgIpc) is 3.15. The van der Waals surface area contributed by atoms with Gasteiger partial charge >= 0.3 is 154 Å². The van der Waals surface area contributed by atoms with Crippen LogP contribution in [0.4, 0.5) is 0 Å². The van der Waals surface area contributed by atoms with Crippen LogP contribution in [0.3, 0.4) is 0 Å². The van der Waals surface area contributed by atoms with Crippen LogP contribution in [0.1, 0.15) is 90.9 Å². The minimum atomic E-state index is -4.70. The maximum Gasteiger partial charge on any atom is 1.00 e. The van der Waals surface area contributed by atoms with Crippen LogP contribution in [0, 0.1) is 34.5 Å². The zero-order valence-corrected chi connectivity index (χ0v) is 35.7. The summed E-state index contributed by atoms with van der Waals surface area (Å²) in [6.07, 6.45) is 8.74. The van der Waals surface area contributed by atoms with Gasteiger partial charge in [0, 0.05) is 24.4 Å². The second-order valence-electron chi connectivity index (χ2n) is 12.4. The molecule has 4 saturated carbocycles. The predicted molar refractivity (Wildman–Crippen MR) is 131 cm³/mol. The summed E-state index contributed by atoms with van der Waals surface area (Å²) in [5.41, 5.74) is 0.184. The quantitative estimate of drug-likeness (QED) is 0.120. The molecule has 216 valence electrons. The number of ketones is 1. The molecule has 0 radical (unpaired) electrons. The van der Waals surface area contributed by atoms with E-state index in [1.54, 1.807) is 0 Å². The van der Waals surface area contributed by atoms with E-state index in [1.165, 1.54) is 12.8 Å². The molecule has 0 aromatic rings. The first-order valence-corrected chi connectivity index (χ1v) is 15.7. The summed E-state index contributed by atoms with van der Waals surface area (Å²) in [4.78, 5) is 46.3. The van der Waals surface area contributed by atoms with Gasteiger partial charge in [0.15, 0.2) is 0 Å². The fraction of sp³-hybridized carbons (Fsp3) is 0.889. The van der Waals surface area contributed by atoms with Crippen LogP contribution >= 0.6 is 7.75 Å². The summed E-state index contributed by atoms with van der Waals surface area (Å²) in [6.45, 7) is 4.83. The first-order valence-electron chi connectivity index (χ1n) is 14.1. The molecule has 0 aromatic heterocycles. The Morgan fingerprint density at radius 3 is 2.39 bits per heavy atom. The molecular formula is C27H41K3NO9P. The molecule has 1 N–H and O–H groups in total. The summed E-state index contributed by atoms with van der Waals surface area (Å²) in [5.74, 6) is -0.268. The van der Waals surface area contributed by atoms with Gasteiger partial charge in [0.05, 0.1) is 24.7 Å². The van der Waals surface area contributed by atoms with Gasteiger partial charge in [-0.3, -0.25) is 9.36 Å². The number of rotatable bonds is 12. The van der Waals surface area contributed by atoms with Crippen LogP contribution in [0.5, 0.6) is 0 Å². The third-order valence-electron chi connectivity index (χ3n) is 10.5. The smallest absolute Gasteiger partial charge is 0.766 e. The Balaban J connectivity index is 0.00000280. The molecule has 0 heterocycles. The second kappa shape index (κ2) is 18.4. The number of fused-ring (bicyclic) bond motifs is 5. The first-order chi connectivity index (χ1) is 17.9. The molecule has 0 spiro atoms. The molecule has 4 fully saturated rings. The van der Waals surface area contributed by atoms with E-state index in [0.717, 1.165) is 44.9 Å². The van der Waals surface area contributed by atoms with Crippen LogP contribution in [-0.4, -0.2) is 43.1 Å². The minimum Gasteiger partial charge on any atom is -0.766 e. The molecule has 1 unspecified atom stereocenters. The molecule has 10 nitrogen and oxygen atoms in total. The third kappa shape index (κ3) is 10.5. The molecule has 0 aromatic carbocycles. The molecule has 9 atom stereocenters. The topological polar surface area (TPSA) is 168 Å². The number of Topliss-reactive ketones (excluding diaryl/α,β-unsaturated/α-hetero) is 1. The monoisotopic (exact) mass is 671 g/mol. The average molecular weight is 672 g/mol. The second-order valence-corrected chi connectivity index (χ2v) is 13.9. The van der Waals surface area contributed by atoms with Gasteiger partial charge in [-0.2, -0.15) is 0 Å². The number of carbonyl (C=O) groups excluding carboxylic acids is 3. The van der Waals surface area contributed by atoms with Gasteiger partial charge in [-0.15, -0.1) is 0 Å². The van der Waals surface area contributed by atoms with Gasteiger partial charge in [-0.1, -0.05) is 13.8 Å². The number of ether oxygens (including phenoxy) is 1. The van der Waals surface area contributed by atoms with Gasteiger partial charge in [-0.05, 0) is 99.7 Å². The summed E-state index contributed by atoms with van der Waals surface area (Å²) >= 11 is 0. The van der Waals surface area contributed by atoms with Crippen molar-refractivity contribution >= 4 is 25.5 Å². The Hall–Kier alpha value is 3.59. The molecule has 0 bridgehead atoms. The van der Waals surface area contributed by atoms with Crippen LogP contribution in [-0.2, 0) is 28.2 Å². The number of aliphatic carboxylic acids is 2. The zero-order chi connectivity index (χ0) is 27.7. The van der Waals surface area contributed by atoms with E-state index in [2.05, 4.69) is 13.8 Å². The fourth-order valence-corrected chi connectivity index (χ4v) is 9.42. The molecule has 4 rings (SSSR count). The standard InChI is InChI=1S/C27H44NO9P.3K/c1-26-12-10-18(36-14-3-15-37-38(34,35)28-22(25(32)33)7-9-24(30)31)16-17(26)4-5-19-20-6-8-23(29)27(20,2)13-11-21(19)26;;;/h17-22H,3-16H2,1-2H3,(H,30,31)(H,32,33)(H2,28,34,35);;;/q;3*+1/p-3/t17-,18-,19-,20-,21-,22-,26-,27-;;;/m0.../s1. The minimum absolute atomic E-state index is 0. The molecule has 14 heteroatoms. The van der Waals surface area contributed by atoms with E-state index in [4.69, 9.17) is 9.26 Å². The van der Waals surface area contributed by atoms with Crippen molar-refractivity contribution < 1.29 is 197 Å². The number of carboxylic acid groups (broad SMARTS) is 2. The number of hydrogen-bond acceptors (Lipinski definition) is 9. The van der Waals surface area contributed by atoms with Crippen LogP contribution in [0.25, 0.3) is 0 Å². The molecule has 41 heavy (non-hydrogen) atoms. The number of hydrogen-bond donors (Lipinski definition) is 1. The Morgan fingerprint density at radius 2 is 1.73 bits per heavy atom. The molecule has 0 amide bonds. The van der Waals surface area contributed by atoms with E-state index >= 15 is 0 Å². The van der Waals surface area contributed by atoms with Crippen molar-refractivity contribution in [2.24, 2.45) is 34.5 Å². The van der Waals surface area contributed by atoms with Crippen LogP contribution < -0.4 is 174 Å². The van der Waals surface area contributed by atoms with Gasteiger partial charge in [0.2, 0.25) is 7.75 Å². The normalized spacial score (nSPS) is 36.1. The largest absolute Gasteiger partial charge is 1.00 e. The maximum atomic E-state index is 12.6. The van der Waals surface area contributed by atoms with E-state index in [0.29, 0.717) is 42.5 Å². The van der Waals surface area contributed by atoms with Crippen LogP contribution in [0.2, 0.25) is 0 Å². The maximum absolute atomic E-state index is 12.6. The summed E-state index contributed by atoms with van der Waals surface area (Å²) in [6, 6.07) is -1.70. The first kappa shape index (κ1) is 42.6. The van der Waals surface area contributed by atoms with E-state index in [9.17, 15) is 34.1 Å². The SMILES string of the molecule is C[C@]12CC[C@H](OCCCOP(=O)([O-])N[C@@H](CCC(=O)[O-])C(=O)[O-])C[C@@H]1CC[C@@H]1[C@@H]2CC[C@]2(C)C(=O)CC[C@@H]12.[K+].[K+].[K+]. The number of carboxylic acids is 2. The van der Waals surface area contributed by atoms with E-state index in [-0.39, 0.29) is 178 Å². The summed E-state index contributed by atoms with van der Waals surface area (Å²) in [5, 5.41) is 23.4. The zero-order valence-electron chi connectivity index (χ0n) is 25.5. The van der Waals surface area contributed by atoms with Crippen molar-refractivity contribution in [1.82, 2.24) is 5.09 Å². The summed E-state index contributed by atoms with van der Waals surface area (Å²) < 4.78 is 23.0. The number of nitrogens with one attached hydrogen (secondary N) is 1. The summed E-state index contributed by atoms with van der Waals surface area (Å²) in [7, 11) is -4.70. The Labute approximate surface area is 371 Å². The van der Waals surface area contributed by atoms with Crippen molar-refractivity contribution in [3.05, 3.63) is 0 Å². The van der Waals surface area contributed by atoms with Crippen molar-refractivity contribution in [1.29, 1.82) is 0 Å². The van der Waals surface area contributed by atoms with Crippen molar-refractivity contribution in [2.75, 3.05) is 13.2 Å². The molecular weight excluding hydrogens is 631 g/mol. The van der Waals surface area contributed by atoms with E-state index in [1.807, 2.05) is 5.09 Å². The number of carbonyl (C=O) groups is 3. The van der Waals surface area contributed by atoms with Gasteiger partial charge in [0.1, 0.15) is 5.78 Å². The Morgan fingerprint density at radius 1 is 1.02 bits per heavy atom. The fourth-order valence-electron chi connectivity index (χ4n) is 8.36. The molecule has 4 aliphatic carbocycles. The molecule has 4 aliphatic rings. The third-order valence-corrected chi connectivity index (χ3v) is 11.6. The van der Waals surface area contributed by atoms with Crippen molar-refractivity contribution in [3.8, 4) is 0 Å². The van der Waals surface area contributed by atoms with Gasteiger partial charge in [0.25, 0.3) is 0 Å². The Kier molecular flexibility index (Phi) is 19.1. The molecule has 0 saturated heterocycles. The van der Waals surface area contributed by atoms with Gasteiger partial charge < -0.3 is 34.0 Å². The van der Waals surface area contributed by atoms with Crippen molar-refractivity contribution in [3.63, 3.8) is 0 Å². The van der Waals surface area contributed by atoms with E-state index < -0.39 is 38.6 Å². The Bertz CT molecular complexity index is 974. The van der Waals surface area contributed by atoms with Gasteiger partial charge in [-0.25, -0.2) is 5.09 Å². The van der Waals surface area contributed by atoms with Crippen molar-refractivity contribution in [2.45, 2.75) is 103 Å². The predicted octanol–water partition coefficient (Wildman–Crippen LogP) is -7.89. The van der Waals surface area contributed by atoms with Crippen LogP contribution in [0.15, 0.2) is 0 Å². The molecule has 0 aliphatic heterocycles.